The molecule has 6 heteroatoms. The van der Waals surface area contributed by atoms with Crippen LogP contribution in [0.4, 0.5) is 10.1 Å². The number of hydrogen-bond donors (Lipinski definition) is 0. The molecular formula is C11H11FN4O. The molecule has 17 heavy (non-hydrogen) atoms. The Bertz CT molecular complexity index is 538. The maximum absolute atomic E-state index is 13.2. The van der Waals surface area contributed by atoms with E-state index >= 15 is 0 Å². The minimum Gasteiger partial charge on any atom is -0.314 e. The average Bonchev–Trinajstić information content (AvgIpc) is 2.50. The summed E-state index contributed by atoms with van der Waals surface area (Å²) in [5.41, 5.74) is 8.61. The number of hydrogen-bond acceptors (Lipinski definition) is 2. The number of anilines is 1. The predicted octanol–water partition coefficient (Wildman–Crippen LogP) is 2.37. The molecule has 0 saturated heterocycles. The Morgan fingerprint density at radius 3 is 2.94 bits per heavy atom. The normalized spacial score (nSPS) is 22.3. The van der Waals surface area contributed by atoms with Crippen LogP contribution in [0.15, 0.2) is 23.3 Å². The van der Waals surface area contributed by atoms with Gasteiger partial charge in [-0.15, -0.1) is 0 Å². The second-order valence-corrected chi connectivity index (χ2v) is 4.25. The lowest BCUT2D eigenvalue weighted by molar-refractivity contribution is -0.122. The van der Waals surface area contributed by atoms with E-state index in [4.69, 9.17) is 5.53 Å². The SMILES string of the molecule is CN1C(=O)C(C)(CN=[N+]=[N-])c2cc(F)ccc21. The molecule has 1 unspecified atom stereocenters. The van der Waals surface area contributed by atoms with Gasteiger partial charge < -0.3 is 4.90 Å². The third kappa shape index (κ3) is 1.54. The quantitative estimate of drug-likeness (QED) is 0.440. The molecule has 0 N–H and O–H groups in total. The second kappa shape index (κ2) is 3.75. The fraction of sp³-hybridized carbons (Fsp3) is 0.364. The van der Waals surface area contributed by atoms with E-state index in [1.54, 1.807) is 20.0 Å². The molecule has 1 aliphatic rings. The lowest BCUT2D eigenvalue weighted by atomic mass is 9.84. The summed E-state index contributed by atoms with van der Waals surface area (Å²) in [6.07, 6.45) is 0. The van der Waals surface area contributed by atoms with Gasteiger partial charge in [0, 0.05) is 24.2 Å². The van der Waals surface area contributed by atoms with E-state index in [2.05, 4.69) is 10.0 Å². The summed E-state index contributed by atoms with van der Waals surface area (Å²) in [6.45, 7) is 1.65. The third-order valence-corrected chi connectivity index (χ3v) is 3.14. The van der Waals surface area contributed by atoms with Crippen molar-refractivity contribution in [3.8, 4) is 0 Å². The van der Waals surface area contributed by atoms with Crippen LogP contribution in [0.1, 0.15) is 12.5 Å². The lowest BCUT2D eigenvalue weighted by Gasteiger charge is -2.20. The van der Waals surface area contributed by atoms with Crippen molar-refractivity contribution >= 4 is 11.6 Å². The number of azide groups is 1. The Labute approximate surface area is 97.5 Å². The van der Waals surface area contributed by atoms with Crippen molar-refractivity contribution in [2.45, 2.75) is 12.3 Å². The molecule has 5 nitrogen and oxygen atoms in total. The first-order chi connectivity index (χ1) is 8.00. The molecule has 1 heterocycles. The van der Waals surface area contributed by atoms with Crippen LogP contribution >= 0.6 is 0 Å². The van der Waals surface area contributed by atoms with Crippen molar-refractivity contribution in [3.63, 3.8) is 0 Å². The fourth-order valence-electron chi connectivity index (χ4n) is 2.16. The highest BCUT2D eigenvalue weighted by Gasteiger charge is 2.45. The van der Waals surface area contributed by atoms with Crippen molar-refractivity contribution in [3.05, 3.63) is 40.0 Å². The number of nitrogens with zero attached hydrogens (tertiary/aromatic N) is 4. The van der Waals surface area contributed by atoms with Crippen LogP contribution in [0.3, 0.4) is 0 Å². The number of rotatable bonds is 2. The standard InChI is InChI=1S/C11H11FN4O/c1-11(6-14-15-13)8-5-7(12)3-4-9(8)16(2)10(11)17/h3-5H,6H2,1-2H3. The van der Waals surface area contributed by atoms with Gasteiger partial charge in [0.2, 0.25) is 5.91 Å². The zero-order valence-electron chi connectivity index (χ0n) is 9.51. The Balaban J connectivity index is 2.60. The average molecular weight is 234 g/mol. The zero-order valence-corrected chi connectivity index (χ0v) is 9.51. The second-order valence-electron chi connectivity index (χ2n) is 4.25. The maximum Gasteiger partial charge on any atom is 0.237 e. The van der Waals surface area contributed by atoms with E-state index in [-0.39, 0.29) is 12.5 Å². The highest BCUT2D eigenvalue weighted by atomic mass is 19.1. The van der Waals surface area contributed by atoms with Crippen molar-refractivity contribution in [1.82, 2.24) is 0 Å². The summed E-state index contributed by atoms with van der Waals surface area (Å²) in [4.78, 5) is 16.2. The topological polar surface area (TPSA) is 69.1 Å². The molecule has 2 rings (SSSR count). The number of halogens is 1. The van der Waals surface area contributed by atoms with E-state index in [0.29, 0.717) is 11.3 Å². The van der Waals surface area contributed by atoms with Gasteiger partial charge >= 0.3 is 0 Å². The van der Waals surface area contributed by atoms with Crippen LogP contribution in [-0.4, -0.2) is 19.5 Å². The molecule has 0 spiro atoms. The summed E-state index contributed by atoms with van der Waals surface area (Å²) < 4.78 is 13.2. The van der Waals surface area contributed by atoms with Crippen LogP contribution < -0.4 is 4.90 Å². The molecule has 0 fully saturated rings. The number of carbonyl (C=O) groups is 1. The van der Waals surface area contributed by atoms with Crippen molar-refractivity contribution in [1.29, 1.82) is 0 Å². The molecule has 1 aliphatic heterocycles. The van der Waals surface area contributed by atoms with Gasteiger partial charge in [0.1, 0.15) is 5.82 Å². The van der Waals surface area contributed by atoms with Crippen LogP contribution in [-0.2, 0) is 10.2 Å². The fourth-order valence-corrected chi connectivity index (χ4v) is 2.16. The van der Waals surface area contributed by atoms with Crippen molar-refractivity contribution < 1.29 is 9.18 Å². The van der Waals surface area contributed by atoms with Crippen LogP contribution in [0.2, 0.25) is 0 Å². The molecule has 1 aromatic rings. The van der Waals surface area contributed by atoms with Gasteiger partial charge in [0.25, 0.3) is 0 Å². The van der Waals surface area contributed by atoms with E-state index < -0.39 is 11.2 Å². The molecule has 1 aromatic carbocycles. The largest absolute Gasteiger partial charge is 0.314 e. The number of fused-ring (bicyclic) bond motifs is 1. The monoisotopic (exact) mass is 234 g/mol. The van der Waals surface area contributed by atoms with Gasteiger partial charge in [-0.1, -0.05) is 5.11 Å². The van der Waals surface area contributed by atoms with E-state index in [9.17, 15) is 9.18 Å². The first kappa shape index (κ1) is 11.4. The smallest absolute Gasteiger partial charge is 0.237 e. The number of benzene rings is 1. The maximum atomic E-state index is 13.2. The Morgan fingerprint density at radius 1 is 1.59 bits per heavy atom. The van der Waals surface area contributed by atoms with Crippen molar-refractivity contribution in [2.75, 3.05) is 18.5 Å². The molecular weight excluding hydrogens is 223 g/mol. The van der Waals surface area contributed by atoms with E-state index in [0.717, 1.165) is 0 Å². The summed E-state index contributed by atoms with van der Waals surface area (Å²) in [6, 6.07) is 4.19. The van der Waals surface area contributed by atoms with E-state index in [1.165, 1.54) is 17.0 Å². The van der Waals surface area contributed by atoms with Gasteiger partial charge in [-0.2, -0.15) is 0 Å². The zero-order chi connectivity index (χ0) is 12.6. The summed E-state index contributed by atoms with van der Waals surface area (Å²) in [5, 5.41) is 3.45. The number of likely N-dealkylation sites (N-methyl/N-ethyl adjacent to an activating group) is 1. The number of carbonyl (C=O) groups excluding carboxylic acids is 1. The highest BCUT2D eigenvalue weighted by molar-refractivity contribution is 6.07. The first-order valence-corrected chi connectivity index (χ1v) is 5.10. The molecule has 88 valence electrons. The highest BCUT2D eigenvalue weighted by Crippen LogP contribution is 2.41. The Hall–Kier alpha value is -2.07. The van der Waals surface area contributed by atoms with Crippen LogP contribution in [0.25, 0.3) is 10.4 Å². The summed E-state index contributed by atoms with van der Waals surface area (Å²) in [5.74, 6) is -0.593. The first-order valence-electron chi connectivity index (χ1n) is 5.10. The molecule has 0 aliphatic carbocycles. The molecule has 0 bridgehead atoms. The van der Waals surface area contributed by atoms with Crippen molar-refractivity contribution in [2.24, 2.45) is 5.11 Å². The summed E-state index contributed by atoms with van der Waals surface area (Å²) in [7, 11) is 1.63. The Morgan fingerprint density at radius 2 is 2.29 bits per heavy atom. The molecule has 1 atom stereocenters. The van der Waals surface area contributed by atoms with E-state index in [1.807, 2.05) is 0 Å². The molecule has 0 aromatic heterocycles. The molecule has 1 amide bonds. The van der Waals surface area contributed by atoms with Gasteiger partial charge in [-0.25, -0.2) is 4.39 Å². The summed E-state index contributed by atoms with van der Waals surface area (Å²) >= 11 is 0. The van der Waals surface area contributed by atoms with Crippen LogP contribution in [0, 0.1) is 5.82 Å². The minimum absolute atomic E-state index is 0.0108. The minimum atomic E-state index is -0.974. The lowest BCUT2D eigenvalue weighted by Crippen LogP contribution is -2.38. The van der Waals surface area contributed by atoms with Gasteiger partial charge in [0.05, 0.1) is 5.41 Å². The van der Waals surface area contributed by atoms with Crippen LogP contribution in [0.5, 0.6) is 0 Å². The molecule has 0 saturated carbocycles. The van der Waals surface area contributed by atoms with Gasteiger partial charge in [-0.3, -0.25) is 4.79 Å². The predicted molar refractivity (Wildman–Crippen MR) is 61.2 cm³/mol. The number of amides is 1. The Kier molecular flexibility index (Phi) is 2.52. The van der Waals surface area contributed by atoms with Gasteiger partial charge in [-0.05, 0) is 36.2 Å². The third-order valence-electron chi connectivity index (χ3n) is 3.14. The molecule has 0 radical (unpaired) electrons. The van der Waals surface area contributed by atoms with Gasteiger partial charge in [0.15, 0.2) is 0 Å².